The number of fused-ring (bicyclic) bond motifs is 5. The van der Waals surface area contributed by atoms with Crippen LogP contribution in [0.25, 0.3) is 0 Å². The van der Waals surface area contributed by atoms with Gasteiger partial charge in [0, 0.05) is 0 Å². The number of hydrogen-bond donors (Lipinski definition) is 0. The van der Waals surface area contributed by atoms with Crippen molar-refractivity contribution in [1.82, 2.24) is 5.01 Å². The van der Waals surface area contributed by atoms with Crippen LogP contribution in [0.4, 0.5) is 0 Å². The molecule has 2 aliphatic carbocycles. The van der Waals surface area contributed by atoms with Crippen LogP contribution in [0.1, 0.15) is 39.2 Å². The van der Waals surface area contributed by atoms with Crippen molar-refractivity contribution in [3.05, 3.63) is 34.9 Å². The first-order valence-electron chi connectivity index (χ1n) is 10.2. The molecule has 0 radical (unpaired) electrons. The zero-order valence-corrected chi connectivity index (χ0v) is 17.6. The van der Waals surface area contributed by atoms with Gasteiger partial charge in [-0.05, 0) is 56.2 Å². The molecule has 1 aromatic rings. The van der Waals surface area contributed by atoms with Gasteiger partial charge in [0.25, 0.3) is 11.8 Å². The number of nitrogens with zero attached hydrogens (tertiary/aromatic N) is 2. The van der Waals surface area contributed by atoms with Crippen LogP contribution in [-0.4, -0.2) is 35.7 Å². The van der Waals surface area contributed by atoms with Crippen LogP contribution in [0, 0.1) is 23.7 Å². The van der Waals surface area contributed by atoms with Crippen LogP contribution in [0.3, 0.4) is 0 Å². The summed E-state index contributed by atoms with van der Waals surface area (Å²) in [4.78, 5) is 25.5. The summed E-state index contributed by atoms with van der Waals surface area (Å²) in [7, 11) is 0. The fourth-order valence-electron chi connectivity index (χ4n) is 4.45. The van der Waals surface area contributed by atoms with Gasteiger partial charge in [-0.1, -0.05) is 30.7 Å². The molecule has 6 nitrogen and oxygen atoms in total. The van der Waals surface area contributed by atoms with E-state index in [1.165, 1.54) is 6.21 Å². The molecule has 7 heteroatoms. The lowest BCUT2D eigenvalue weighted by Gasteiger charge is -2.18. The Balaban J connectivity index is 1.57. The number of allylic oxidation sites excluding steroid dienone is 2. The van der Waals surface area contributed by atoms with Crippen molar-refractivity contribution in [2.24, 2.45) is 28.8 Å². The van der Waals surface area contributed by atoms with E-state index in [0.717, 1.165) is 17.9 Å². The highest BCUT2D eigenvalue weighted by molar-refractivity contribution is 6.32. The van der Waals surface area contributed by atoms with Crippen LogP contribution >= 0.6 is 11.6 Å². The van der Waals surface area contributed by atoms with Crippen LogP contribution in [0.5, 0.6) is 11.5 Å². The van der Waals surface area contributed by atoms with E-state index >= 15 is 0 Å². The fourth-order valence-corrected chi connectivity index (χ4v) is 4.71. The highest BCUT2D eigenvalue weighted by Crippen LogP contribution is 2.52. The molecule has 1 saturated heterocycles. The molecule has 2 bridgehead atoms. The van der Waals surface area contributed by atoms with E-state index in [-0.39, 0.29) is 41.6 Å². The summed E-state index contributed by atoms with van der Waals surface area (Å²) >= 11 is 6.43. The van der Waals surface area contributed by atoms with Gasteiger partial charge in [0.2, 0.25) is 0 Å². The zero-order chi connectivity index (χ0) is 20.7. The van der Waals surface area contributed by atoms with Crippen molar-refractivity contribution >= 4 is 29.6 Å². The third-order valence-electron chi connectivity index (χ3n) is 6.00. The van der Waals surface area contributed by atoms with Crippen molar-refractivity contribution in [3.63, 3.8) is 0 Å². The van der Waals surface area contributed by atoms with Gasteiger partial charge >= 0.3 is 0 Å². The maximum Gasteiger partial charge on any atom is 0.254 e. The smallest absolute Gasteiger partial charge is 0.254 e. The lowest BCUT2D eigenvalue weighted by Crippen LogP contribution is -2.28. The van der Waals surface area contributed by atoms with Crippen molar-refractivity contribution in [1.29, 1.82) is 0 Å². The number of halogens is 1. The standard InChI is InChI=1S/C22H25ClN2O4/c1-4-12(3)29-20-16(23)8-13(9-17(20)28-5-2)11-24-25-21(26)18-14-6-7-15(10-14)19(18)22(25)27/h6-9,11-12,14-15,18-19H,4-5,10H2,1-3H3/t12-,14+,15+,18-,19+/m1/s1. The van der Waals surface area contributed by atoms with Crippen molar-refractivity contribution in [2.75, 3.05) is 6.61 Å². The number of carbonyl (C=O) groups is 2. The number of carbonyl (C=O) groups excluding carboxylic acids is 2. The summed E-state index contributed by atoms with van der Waals surface area (Å²) in [5, 5.41) is 5.64. The Kier molecular flexibility index (Phi) is 5.38. The molecule has 0 unspecified atom stereocenters. The Morgan fingerprint density at radius 3 is 2.45 bits per heavy atom. The van der Waals surface area contributed by atoms with Crippen LogP contribution in [-0.2, 0) is 9.59 Å². The average molecular weight is 417 g/mol. The molecule has 4 rings (SSSR count). The number of hydrogen-bond acceptors (Lipinski definition) is 5. The second-order valence-corrected chi connectivity index (χ2v) is 8.24. The lowest BCUT2D eigenvalue weighted by molar-refractivity contribution is -0.140. The number of benzene rings is 1. The molecule has 3 aliphatic rings. The second kappa shape index (κ2) is 7.82. The number of hydrazone groups is 1. The van der Waals surface area contributed by atoms with Crippen LogP contribution in [0.15, 0.2) is 29.4 Å². The van der Waals surface area contributed by atoms with Crippen LogP contribution in [0.2, 0.25) is 5.02 Å². The van der Waals surface area contributed by atoms with Gasteiger partial charge in [-0.15, -0.1) is 0 Å². The molecule has 0 N–H and O–H groups in total. The van der Waals surface area contributed by atoms with E-state index in [2.05, 4.69) is 17.3 Å². The molecular formula is C22H25ClN2O4. The van der Waals surface area contributed by atoms with E-state index in [9.17, 15) is 9.59 Å². The van der Waals surface area contributed by atoms with E-state index in [1.54, 1.807) is 12.1 Å². The first-order chi connectivity index (χ1) is 13.9. The number of amides is 2. The molecule has 1 aromatic carbocycles. The predicted molar refractivity (Wildman–Crippen MR) is 110 cm³/mol. The maximum atomic E-state index is 12.7. The second-order valence-electron chi connectivity index (χ2n) is 7.83. The largest absolute Gasteiger partial charge is 0.490 e. The summed E-state index contributed by atoms with van der Waals surface area (Å²) in [6.07, 6.45) is 7.34. The van der Waals surface area contributed by atoms with Gasteiger partial charge in [-0.3, -0.25) is 9.59 Å². The first-order valence-corrected chi connectivity index (χ1v) is 10.6. The first kappa shape index (κ1) is 20.0. The maximum absolute atomic E-state index is 12.7. The molecule has 29 heavy (non-hydrogen) atoms. The van der Waals surface area contributed by atoms with Crippen molar-refractivity contribution in [3.8, 4) is 11.5 Å². The quantitative estimate of drug-likeness (QED) is 0.382. The lowest BCUT2D eigenvalue weighted by atomic mass is 9.85. The van der Waals surface area contributed by atoms with Gasteiger partial charge in [0.05, 0.1) is 35.8 Å². The molecule has 154 valence electrons. The number of imide groups is 1. The zero-order valence-electron chi connectivity index (χ0n) is 16.8. The molecule has 1 aliphatic heterocycles. The minimum atomic E-state index is -0.261. The van der Waals surface area contributed by atoms with E-state index in [4.69, 9.17) is 21.1 Å². The summed E-state index contributed by atoms with van der Waals surface area (Å²) in [5.41, 5.74) is 0.633. The SMILES string of the molecule is CCOc1cc(C=NN2C(=O)[C@@H]3[C@H](C2=O)[C@H]2C=C[C@H]3C2)cc(Cl)c1O[C@H](C)CC. The Morgan fingerprint density at radius 2 is 1.86 bits per heavy atom. The molecular weight excluding hydrogens is 392 g/mol. The van der Waals surface area contributed by atoms with E-state index in [0.29, 0.717) is 28.7 Å². The summed E-state index contributed by atoms with van der Waals surface area (Å²) in [5.74, 6) is 0.398. The Morgan fingerprint density at radius 1 is 1.21 bits per heavy atom. The van der Waals surface area contributed by atoms with Gasteiger partial charge in [-0.25, -0.2) is 0 Å². The molecule has 0 spiro atoms. The minimum absolute atomic E-state index is 0.00513. The van der Waals surface area contributed by atoms with Gasteiger partial charge in [0.15, 0.2) is 11.5 Å². The highest BCUT2D eigenvalue weighted by atomic mass is 35.5. The Hall–Kier alpha value is -2.34. The number of ether oxygens (including phenoxy) is 2. The molecule has 2 fully saturated rings. The van der Waals surface area contributed by atoms with Gasteiger partial charge in [0.1, 0.15) is 0 Å². The molecule has 5 atom stereocenters. The molecule has 2 amide bonds. The third kappa shape index (κ3) is 3.44. The third-order valence-corrected chi connectivity index (χ3v) is 6.28. The summed E-state index contributed by atoms with van der Waals surface area (Å²) in [6.45, 7) is 6.33. The molecule has 1 heterocycles. The van der Waals surface area contributed by atoms with Gasteiger partial charge < -0.3 is 9.47 Å². The monoisotopic (exact) mass is 416 g/mol. The average Bonchev–Trinajstić information content (AvgIpc) is 3.37. The van der Waals surface area contributed by atoms with E-state index in [1.807, 2.05) is 20.8 Å². The summed E-state index contributed by atoms with van der Waals surface area (Å²) in [6, 6.07) is 3.45. The van der Waals surface area contributed by atoms with Gasteiger partial charge in [-0.2, -0.15) is 10.1 Å². The fraction of sp³-hybridized carbons (Fsp3) is 0.500. The molecule has 1 saturated carbocycles. The summed E-state index contributed by atoms with van der Waals surface area (Å²) < 4.78 is 11.6. The Bertz CT molecular complexity index is 867. The predicted octanol–water partition coefficient (Wildman–Crippen LogP) is 4.06. The minimum Gasteiger partial charge on any atom is -0.490 e. The molecule has 0 aromatic heterocycles. The van der Waals surface area contributed by atoms with Crippen LogP contribution < -0.4 is 9.47 Å². The number of rotatable bonds is 7. The topological polar surface area (TPSA) is 68.2 Å². The van der Waals surface area contributed by atoms with Crippen molar-refractivity contribution in [2.45, 2.75) is 39.7 Å². The van der Waals surface area contributed by atoms with E-state index < -0.39 is 0 Å². The van der Waals surface area contributed by atoms with Crippen molar-refractivity contribution < 1.29 is 19.1 Å². The highest BCUT2D eigenvalue weighted by Gasteiger charge is 2.59. The Labute approximate surface area is 175 Å². The normalized spacial score (nSPS) is 28.5.